The molecule has 0 spiro atoms. The predicted octanol–water partition coefficient (Wildman–Crippen LogP) is 4.91. The summed E-state index contributed by atoms with van der Waals surface area (Å²) in [5.74, 6) is -1.55. The molecule has 2 atom stereocenters. The second-order valence-corrected chi connectivity index (χ2v) is 7.98. The summed E-state index contributed by atoms with van der Waals surface area (Å²) < 4.78 is 22.1. The van der Waals surface area contributed by atoms with E-state index >= 15 is 0 Å². The molecule has 158 valence electrons. The van der Waals surface area contributed by atoms with E-state index < -0.39 is 24.1 Å². The van der Waals surface area contributed by atoms with Gasteiger partial charge in [-0.25, -0.2) is 9.59 Å². The molecule has 2 unspecified atom stereocenters. The van der Waals surface area contributed by atoms with Crippen LogP contribution in [-0.2, 0) is 9.47 Å². The van der Waals surface area contributed by atoms with Crippen molar-refractivity contribution in [2.75, 3.05) is 0 Å². The number of carbonyl (C=O) groups is 2. The van der Waals surface area contributed by atoms with E-state index in [1.807, 2.05) is 24.3 Å². The predicted molar refractivity (Wildman–Crippen MR) is 112 cm³/mol. The van der Waals surface area contributed by atoms with Gasteiger partial charge < -0.3 is 18.3 Å². The van der Waals surface area contributed by atoms with E-state index in [2.05, 4.69) is 24.3 Å². The van der Waals surface area contributed by atoms with Crippen molar-refractivity contribution in [2.24, 2.45) is 0 Å². The minimum atomic E-state index is -0.692. The van der Waals surface area contributed by atoms with E-state index in [0.29, 0.717) is 11.1 Å². The summed E-state index contributed by atoms with van der Waals surface area (Å²) in [6, 6.07) is 19.2. The maximum Gasteiger partial charge on any atom is 0.341 e. The van der Waals surface area contributed by atoms with Crippen LogP contribution in [0.2, 0.25) is 0 Å². The van der Waals surface area contributed by atoms with Crippen LogP contribution in [0, 0.1) is 0 Å². The molecule has 0 aliphatic heterocycles. The zero-order valence-electron chi connectivity index (χ0n) is 16.8. The topological polar surface area (TPSA) is 78.9 Å². The zero-order valence-corrected chi connectivity index (χ0v) is 16.8. The Bertz CT molecular complexity index is 1140. The number of furan rings is 2. The largest absolute Gasteiger partial charge is 0.472 e. The van der Waals surface area contributed by atoms with Crippen LogP contribution in [-0.4, -0.2) is 24.1 Å². The molecule has 6 nitrogen and oxygen atoms in total. The van der Waals surface area contributed by atoms with Gasteiger partial charge >= 0.3 is 11.9 Å². The molecule has 7 rings (SSSR count). The molecule has 2 bridgehead atoms. The van der Waals surface area contributed by atoms with Crippen molar-refractivity contribution in [2.45, 2.75) is 24.0 Å². The molecule has 2 aromatic carbocycles. The highest BCUT2D eigenvalue weighted by atomic mass is 16.6. The second kappa shape index (κ2) is 7.27. The van der Waals surface area contributed by atoms with Gasteiger partial charge in [0.15, 0.2) is 12.2 Å². The van der Waals surface area contributed by atoms with Crippen molar-refractivity contribution < 1.29 is 27.9 Å². The third-order valence-electron chi connectivity index (χ3n) is 6.31. The van der Waals surface area contributed by atoms with Crippen LogP contribution in [0.25, 0.3) is 0 Å². The van der Waals surface area contributed by atoms with Crippen LogP contribution in [0.5, 0.6) is 0 Å². The van der Waals surface area contributed by atoms with Gasteiger partial charge in [0.05, 0.1) is 35.5 Å². The van der Waals surface area contributed by atoms with Crippen molar-refractivity contribution in [3.05, 3.63) is 119 Å². The standard InChI is InChI=1S/C26H18O6/c27-25(15-9-11-29-13-15)31-23-21-17-5-1-2-6-18(17)22(20-8-4-3-7-19(20)21)24(23)32-26(28)16-10-12-30-14-16/h1-14,21-24H/t21-,22-,23?,24?. The molecular weight excluding hydrogens is 408 g/mol. The molecule has 0 N–H and O–H groups in total. The fourth-order valence-corrected chi connectivity index (χ4v) is 4.99. The van der Waals surface area contributed by atoms with Gasteiger partial charge in [-0.05, 0) is 34.4 Å². The quantitative estimate of drug-likeness (QED) is 0.431. The Hall–Kier alpha value is -4.06. The maximum atomic E-state index is 12.9. The van der Waals surface area contributed by atoms with Gasteiger partial charge in [-0.15, -0.1) is 0 Å². The van der Waals surface area contributed by atoms with Gasteiger partial charge in [-0.3, -0.25) is 0 Å². The Balaban J connectivity index is 1.47. The average Bonchev–Trinajstić information content (AvgIpc) is 3.55. The minimum Gasteiger partial charge on any atom is -0.472 e. The number of hydrogen-bond acceptors (Lipinski definition) is 6. The van der Waals surface area contributed by atoms with Gasteiger partial charge in [0.25, 0.3) is 0 Å². The smallest absolute Gasteiger partial charge is 0.341 e. The first-order valence-electron chi connectivity index (χ1n) is 10.4. The van der Waals surface area contributed by atoms with Gasteiger partial charge in [0.2, 0.25) is 0 Å². The van der Waals surface area contributed by atoms with Crippen LogP contribution in [0.3, 0.4) is 0 Å². The van der Waals surface area contributed by atoms with Gasteiger partial charge in [-0.2, -0.15) is 0 Å². The van der Waals surface area contributed by atoms with Gasteiger partial charge in [-0.1, -0.05) is 48.5 Å². The number of ether oxygens (including phenoxy) is 2. The Morgan fingerprint density at radius 2 is 0.969 bits per heavy atom. The van der Waals surface area contributed by atoms with Gasteiger partial charge in [0, 0.05) is 0 Å². The first-order valence-corrected chi connectivity index (χ1v) is 10.4. The highest BCUT2D eigenvalue weighted by Gasteiger charge is 2.53. The maximum absolute atomic E-state index is 12.9. The summed E-state index contributed by atoms with van der Waals surface area (Å²) in [5, 5.41) is 0. The highest BCUT2D eigenvalue weighted by Crippen LogP contribution is 2.54. The van der Waals surface area contributed by atoms with E-state index in [0.717, 1.165) is 22.3 Å². The number of benzene rings is 2. The molecule has 0 saturated heterocycles. The summed E-state index contributed by atoms with van der Waals surface area (Å²) in [5.41, 5.74) is 4.95. The van der Waals surface area contributed by atoms with Crippen molar-refractivity contribution in [1.29, 1.82) is 0 Å². The van der Waals surface area contributed by atoms with Crippen LogP contribution < -0.4 is 0 Å². The lowest BCUT2D eigenvalue weighted by Gasteiger charge is -2.48. The molecule has 32 heavy (non-hydrogen) atoms. The SMILES string of the molecule is O=C(OC1C(OC(=O)c2ccoc2)[C@H]2c3ccccc3[C@H]1c1ccccc12)c1ccoc1. The monoisotopic (exact) mass is 426 g/mol. The Kier molecular flexibility index (Phi) is 4.24. The summed E-state index contributed by atoms with van der Waals surface area (Å²) in [7, 11) is 0. The molecule has 2 heterocycles. The highest BCUT2D eigenvalue weighted by molar-refractivity contribution is 5.90. The van der Waals surface area contributed by atoms with E-state index in [1.165, 1.54) is 25.1 Å². The normalized spacial score (nSPS) is 22.6. The zero-order chi connectivity index (χ0) is 21.7. The molecular formula is C26H18O6. The Morgan fingerprint density at radius 1 is 0.594 bits per heavy atom. The van der Waals surface area contributed by atoms with Crippen LogP contribution in [0.1, 0.15) is 54.8 Å². The molecule has 0 amide bonds. The molecule has 0 radical (unpaired) electrons. The average molecular weight is 426 g/mol. The van der Waals surface area contributed by atoms with Crippen molar-refractivity contribution in [3.63, 3.8) is 0 Å². The van der Waals surface area contributed by atoms with E-state index in [1.54, 1.807) is 12.1 Å². The third kappa shape index (κ3) is 2.80. The van der Waals surface area contributed by atoms with E-state index in [9.17, 15) is 9.59 Å². The van der Waals surface area contributed by atoms with Gasteiger partial charge in [0.1, 0.15) is 12.5 Å². The molecule has 4 aromatic rings. The molecule has 3 aliphatic carbocycles. The first kappa shape index (κ1) is 18.7. The molecule has 3 aliphatic rings. The van der Waals surface area contributed by atoms with Crippen LogP contribution in [0.15, 0.2) is 94.6 Å². The van der Waals surface area contributed by atoms with Crippen molar-refractivity contribution in [1.82, 2.24) is 0 Å². The molecule has 0 fully saturated rings. The summed E-state index contributed by atoms with van der Waals surface area (Å²) >= 11 is 0. The fourth-order valence-electron chi connectivity index (χ4n) is 4.99. The fraction of sp³-hybridized carbons (Fsp3) is 0.154. The molecule has 0 saturated carbocycles. The molecule has 6 heteroatoms. The summed E-state index contributed by atoms with van der Waals surface area (Å²) in [6.07, 6.45) is 4.15. The lowest BCUT2D eigenvalue weighted by Crippen LogP contribution is -2.51. The number of hydrogen-bond donors (Lipinski definition) is 0. The third-order valence-corrected chi connectivity index (χ3v) is 6.31. The molecule has 2 aromatic heterocycles. The minimum absolute atomic E-state index is 0.259. The lowest BCUT2D eigenvalue weighted by atomic mass is 9.61. The summed E-state index contributed by atoms with van der Waals surface area (Å²) in [6.45, 7) is 0. The number of esters is 2. The van der Waals surface area contributed by atoms with Crippen LogP contribution in [0.4, 0.5) is 0 Å². The van der Waals surface area contributed by atoms with Crippen molar-refractivity contribution >= 4 is 11.9 Å². The van der Waals surface area contributed by atoms with E-state index in [-0.39, 0.29) is 11.8 Å². The number of rotatable bonds is 4. The number of fused-ring (bicyclic) bond motifs is 1. The van der Waals surface area contributed by atoms with Crippen LogP contribution >= 0.6 is 0 Å². The van der Waals surface area contributed by atoms with E-state index in [4.69, 9.17) is 18.3 Å². The van der Waals surface area contributed by atoms with Crippen molar-refractivity contribution in [3.8, 4) is 0 Å². The second-order valence-electron chi connectivity index (χ2n) is 7.98. The Labute approximate surface area is 183 Å². The summed E-state index contributed by atoms with van der Waals surface area (Å²) in [4.78, 5) is 25.8. The Morgan fingerprint density at radius 3 is 1.28 bits per heavy atom. The lowest BCUT2D eigenvalue weighted by molar-refractivity contribution is -0.0558. The first-order chi connectivity index (χ1) is 15.7. The number of carbonyl (C=O) groups excluding carboxylic acids is 2.